The molecule has 3 aromatic carbocycles. The molecule has 1 unspecified atom stereocenters. The fraction of sp³-hybridized carbons (Fsp3) is 0.333. The van der Waals surface area contributed by atoms with Gasteiger partial charge in [-0.25, -0.2) is 0 Å². The Morgan fingerprint density at radius 2 is 1.74 bits per heavy atom. The number of nitrogens with one attached hydrogen (secondary N) is 1. The lowest BCUT2D eigenvalue weighted by atomic mass is 10.0. The standard InChI is InChI=1S/C30H28ClF3N2O6/c1-39-24-14-22(15-25(16-24)40-12-13-41-29(38)20-2-3-20)35-27(19-4-7-21(31)8-5-19)28(37)36-11-10-18-6-9-23(17-26(18)36)42-30(32,33)34/h4-9,14-17,20,27,35H,2-3,10-13H2,1H3. The van der Waals surface area contributed by atoms with Crippen LogP contribution < -0.4 is 24.4 Å². The van der Waals surface area contributed by atoms with Gasteiger partial charge in [-0.05, 0) is 48.6 Å². The van der Waals surface area contributed by atoms with Gasteiger partial charge < -0.3 is 29.2 Å². The number of methoxy groups -OCH3 is 1. The Bertz CT molecular complexity index is 1450. The Hall–Kier alpha value is -4.12. The monoisotopic (exact) mass is 604 g/mol. The molecule has 8 nitrogen and oxygen atoms in total. The molecule has 1 heterocycles. The summed E-state index contributed by atoms with van der Waals surface area (Å²) in [5.74, 6) is -0.163. The molecule has 42 heavy (non-hydrogen) atoms. The normalized spacial score (nSPS) is 15.0. The fourth-order valence-corrected chi connectivity index (χ4v) is 4.77. The smallest absolute Gasteiger partial charge is 0.497 e. The number of carbonyl (C=O) groups is 2. The highest BCUT2D eigenvalue weighted by Crippen LogP contribution is 2.37. The van der Waals surface area contributed by atoms with E-state index in [9.17, 15) is 22.8 Å². The molecule has 0 saturated heterocycles. The van der Waals surface area contributed by atoms with Gasteiger partial charge in [0.25, 0.3) is 5.91 Å². The van der Waals surface area contributed by atoms with Crippen LogP contribution in [-0.2, 0) is 20.7 Å². The topological polar surface area (TPSA) is 86.3 Å². The van der Waals surface area contributed by atoms with Gasteiger partial charge in [0, 0.05) is 41.5 Å². The van der Waals surface area contributed by atoms with Crippen LogP contribution in [0.15, 0.2) is 60.7 Å². The summed E-state index contributed by atoms with van der Waals surface area (Å²) in [7, 11) is 1.49. The minimum absolute atomic E-state index is 0.00807. The van der Waals surface area contributed by atoms with E-state index in [0.717, 1.165) is 18.4 Å². The number of fused-ring (bicyclic) bond motifs is 1. The SMILES string of the molecule is COc1cc(NC(C(=O)N2CCc3ccc(OC(F)(F)F)cc32)c2ccc(Cl)cc2)cc(OCCOC(=O)C2CC2)c1. The maximum absolute atomic E-state index is 14.0. The predicted molar refractivity (Wildman–Crippen MR) is 149 cm³/mol. The molecule has 2 aliphatic rings. The average Bonchev–Trinajstić information content (AvgIpc) is 3.73. The van der Waals surface area contributed by atoms with Crippen LogP contribution in [0.3, 0.4) is 0 Å². The molecule has 0 aromatic heterocycles. The van der Waals surface area contributed by atoms with Crippen molar-refractivity contribution in [2.75, 3.05) is 37.1 Å². The van der Waals surface area contributed by atoms with E-state index in [4.69, 9.17) is 25.8 Å². The van der Waals surface area contributed by atoms with Crippen LogP contribution in [0.2, 0.25) is 5.02 Å². The van der Waals surface area contributed by atoms with Gasteiger partial charge in [0.1, 0.15) is 36.5 Å². The third-order valence-corrected chi connectivity index (χ3v) is 7.09. The summed E-state index contributed by atoms with van der Waals surface area (Å²) in [5, 5.41) is 3.71. The number of alkyl halides is 3. The van der Waals surface area contributed by atoms with Crippen molar-refractivity contribution in [1.29, 1.82) is 0 Å². The molecular weight excluding hydrogens is 577 g/mol. The van der Waals surface area contributed by atoms with Gasteiger partial charge in [0.05, 0.1) is 18.7 Å². The molecule has 1 N–H and O–H groups in total. The van der Waals surface area contributed by atoms with Crippen LogP contribution in [-0.4, -0.2) is 45.1 Å². The average molecular weight is 605 g/mol. The number of rotatable bonds is 11. The molecule has 1 atom stereocenters. The van der Waals surface area contributed by atoms with Crippen molar-refractivity contribution in [3.05, 3.63) is 76.8 Å². The number of carbonyl (C=O) groups excluding carboxylic acids is 2. The van der Waals surface area contributed by atoms with E-state index in [1.54, 1.807) is 42.5 Å². The molecule has 222 valence electrons. The highest BCUT2D eigenvalue weighted by Gasteiger charge is 2.35. The lowest BCUT2D eigenvalue weighted by molar-refractivity contribution is -0.274. The first-order valence-electron chi connectivity index (χ1n) is 13.3. The summed E-state index contributed by atoms with van der Waals surface area (Å²) >= 11 is 6.10. The van der Waals surface area contributed by atoms with Crippen molar-refractivity contribution in [2.45, 2.75) is 31.7 Å². The first-order chi connectivity index (χ1) is 20.1. The Labute approximate surface area is 245 Å². The third kappa shape index (κ3) is 7.39. The molecule has 1 fully saturated rings. The number of amides is 1. The van der Waals surface area contributed by atoms with Gasteiger partial charge in [0.2, 0.25) is 0 Å². The highest BCUT2D eigenvalue weighted by molar-refractivity contribution is 6.30. The van der Waals surface area contributed by atoms with Crippen LogP contribution in [0.4, 0.5) is 24.5 Å². The molecule has 0 spiro atoms. The van der Waals surface area contributed by atoms with Crippen molar-refractivity contribution in [1.82, 2.24) is 0 Å². The number of esters is 1. The quantitative estimate of drug-likeness (QED) is 0.202. The zero-order chi connectivity index (χ0) is 29.9. The van der Waals surface area contributed by atoms with Gasteiger partial charge in [0.15, 0.2) is 0 Å². The molecule has 0 radical (unpaired) electrons. The van der Waals surface area contributed by atoms with Gasteiger partial charge in [-0.3, -0.25) is 9.59 Å². The number of ether oxygens (including phenoxy) is 4. The van der Waals surface area contributed by atoms with Crippen LogP contribution in [0.5, 0.6) is 17.2 Å². The molecule has 5 rings (SSSR count). The molecule has 1 amide bonds. The van der Waals surface area contributed by atoms with Crippen molar-refractivity contribution in [3.63, 3.8) is 0 Å². The Kier molecular flexibility index (Phi) is 8.67. The number of anilines is 2. The van der Waals surface area contributed by atoms with Crippen molar-refractivity contribution in [3.8, 4) is 17.2 Å². The van der Waals surface area contributed by atoms with E-state index >= 15 is 0 Å². The molecule has 1 aliphatic carbocycles. The van der Waals surface area contributed by atoms with E-state index in [2.05, 4.69) is 10.1 Å². The van der Waals surface area contributed by atoms with E-state index in [-0.39, 0.29) is 31.6 Å². The van der Waals surface area contributed by atoms with E-state index in [1.807, 2.05) is 0 Å². The lowest BCUT2D eigenvalue weighted by Gasteiger charge is -2.26. The van der Waals surface area contributed by atoms with Gasteiger partial charge in [-0.15, -0.1) is 13.2 Å². The number of hydrogen-bond acceptors (Lipinski definition) is 7. The summed E-state index contributed by atoms with van der Waals surface area (Å²) in [4.78, 5) is 27.2. The first kappa shape index (κ1) is 29.4. The maximum Gasteiger partial charge on any atom is 0.573 e. The Balaban J connectivity index is 1.38. The molecule has 1 aliphatic heterocycles. The van der Waals surface area contributed by atoms with Crippen LogP contribution in [0.25, 0.3) is 0 Å². The summed E-state index contributed by atoms with van der Waals surface area (Å²) in [6.45, 7) is 0.495. The van der Waals surface area contributed by atoms with E-state index in [1.165, 1.54) is 30.2 Å². The van der Waals surface area contributed by atoms with Crippen molar-refractivity contribution in [2.24, 2.45) is 5.92 Å². The first-order valence-corrected chi connectivity index (χ1v) is 13.7. The minimum Gasteiger partial charge on any atom is -0.497 e. The summed E-state index contributed by atoms with van der Waals surface area (Å²) in [5.41, 5.74) is 2.14. The second-order valence-corrected chi connectivity index (χ2v) is 10.3. The zero-order valence-corrected chi connectivity index (χ0v) is 23.3. The number of benzene rings is 3. The van der Waals surface area contributed by atoms with Crippen molar-refractivity contribution >= 4 is 34.9 Å². The largest absolute Gasteiger partial charge is 0.573 e. The van der Waals surface area contributed by atoms with E-state index < -0.39 is 24.1 Å². The second kappa shape index (κ2) is 12.4. The summed E-state index contributed by atoms with van der Waals surface area (Å²) < 4.78 is 59.1. The summed E-state index contributed by atoms with van der Waals surface area (Å²) in [6.07, 6.45) is -2.68. The predicted octanol–water partition coefficient (Wildman–Crippen LogP) is 6.32. The molecule has 3 aromatic rings. The molecular formula is C30H28ClF3N2O6. The highest BCUT2D eigenvalue weighted by atomic mass is 35.5. The number of halogens is 4. The second-order valence-electron chi connectivity index (χ2n) is 9.89. The fourth-order valence-electron chi connectivity index (χ4n) is 4.65. The van der Waals surface area contributed by atoms with Gasteiger partial charge in [-0.2, -0.15) is 0 Å². The van der Waals surface area contributed by atoms with Crippen molar-refractivity contribution < 1.29 is 41.7 Å². The minimum atomic E-state index is -4.86. The number of nitrogens with zero attached hydrogens (tertiary/aromatic N) is 1. The molecule has 0 bridgehead atoms. The van der Waals surface area contributed by atoms with Crippen LogP contribution in [0, 0.1) is 5.92 Å². The lowest BCUT2D eigenvalue weighted by Crippen LogP contribution is -2.37. The Morgan fingerprint density at radius 1 is 1.00 bits per heavy atom. The number of hydrogen-bond donors (Lipinski definition) is 1. The van der Waals surface area contributed by atoms with Gasteiger partial charge >= 0.3 is 12.3 Å². The third-order valence-electron chi connectivity index (χ3n) is 6.84. The Morgan fingerprint density at radius 3 is 2.43 bits per heavy atom. The zero-order valence-electron chi connectivity index (χ0n) is 22.6. The van der Waals surface area contributed by atoms with Crippen LogP contribution in [0.1, 0.15) is 30.0 Å². The molecule has 12 heteroatoms. The van der Waals surface area contributed by atoms with E-state index in [0.29, 0.717) is 39.9 Å². The summed E-state index contributed by atoms with van der Waals surface area (Å²) in [6, 6.07) is 14.8. The molecule has 1 saturated carbocycles. The van der Waals surface area contributed by atoms with Gasteiger partial charge in [-0.1, -0.05) is 29.8 Å². The van der Waals surface area contributed by atoms with Crippen LogP contribution >= 0.6 is 11.6 Å². The maximum atomic E-state index is 14.0.